The number of hydrogen-bond acceptors (Lipinski definition) is 8. The van der Waals surface area contributed by atoms with Gasteiger partial charge in [0.2, 0.25) is 16.2 Å². The van der Waals surface area contributed by atoms with Gasteiger partial charge in [-0.2, -0.15) is 0 Å². The van der Waals surface area contributed by atoms with Crippen molar-refractivity contribution in [2.24, 2.45) is 0 Å². The van der Waals surface area contributed by atoms with Crippen LogP contribution in [-0.2, 0) is 14.6 Å². The molecule has 0 N–H and O–H groups in total. The molecule has 150 valence electrons. The maximum Gasteiger partial charge on any atom is 0.338 e. The molecule has 2 aromatic rings. The number of quaternary nitrogens is 1. The van der Waals surface area contributed by atoms with Crippen molar-refractivity contribution in [1.29, 1.82) is 0 Å². The van der Waals surface area contributed by atoms with E-state index in [-0.39, 0.29) is 10.6 Å². The molecule has 1 aliphatic heterocycles. The van der Waals surface area contributed by atoms with E-state index in [0.29, 0.717) is 17.4 Å². The average Bonchev–Trinajstić information content (AvgIpc) is 3.18. The van der Waals surface area contributed by atoms with Crippen molar-refractivity contribution in [3.05, 3.63) is 34.5 Å². The SMILES string of the molecule is COS(=O)(=O)[O-].C[N+](C)(C)C1CCN(c2nn3ccccc3c2[N+](=O)[O-])C1. The van der Waals surface area contributed by atoms with E-state index in [1.165, 1.54) is 0 Å². The van der Waals surface area contributed by atoms with Gasteiger partial charge in [-0.15, -0.1) is 5.10 Å². The molecule has 1 fully saturated rings. The lowest BCUT2D eigenvalue weighted by Gasteiger charge is -2.31. The minimum absolute atomic E-state index is 0.109. The van der Waals surface area contributed by atoms with E-state index in [1.54, 1.807) is 22.8 Å². The first-order valence-corrected chi connectivity index (χ1v) is 9.46. The molecule has 0 saturated carbocycles. The summed E-state index contributed by atoms with van der Waals surface area (Å²) in [6.07, 6.45) is 2.77. The molecular formula is C15H23N5O6S. The number of likely N-dealkylation sites (N-methyl/N-ethyl adjacent to an activating group) is 1. The third-order valence-corrected chi connectivity index (χ3v) is 4.85. The van der Waals surface area contributed by atoms with Gasteiger partial charge in [0.15, 0.2) is 0 Å². The van der Waals surface area contributed by atoms with Gasteiger partial charge in [0.05, 0.1) is 39.7 Å². The summed E-state index contributed by atoms with van der Waals surface area (Å²) in [5.41, 5.74) is 0.656. The van der Waals surface area contributed by atoms with Crippen molar-refractivity contribution in [2.45, 2.75) is 12.5 Å². The number of rotatable bonds is 4. The molecule has 1 unspecified atom stereocenters. The molecule has 0 aromatic carbocycles. The monoisotopic (exact) mass is 401 g/mol. The Bertz CT molecular complexity index is 920. The van der Waals surface area contributed by atoms with Crippen LogP contribution >= 0.6 is 0 Å². The second-order valence-corrected chi connectivity index (χ2v) is 8.19. The Kier molecular flexibility index (Phi) is 6.04. The van der Waals surface area contributed by atoms with Gasteiger partial charge >= 0.3 is 5.69 Å². The van der Waals surface area contributed by atoms with Crippen molar-refractivity contribution >= 4 is 27.4 Å². The Hall–Kier alpha value is -2.28. The summed E-state index contributed by atoms with van der Waals surface area (Å²) < 4.78 is 33.5. The van der Waals surface area contributed by atoms with Crippen LogP contribution in [0.1, 0.15) is 6.42 Å². The van der Waals surface area contributed by atoms with E-state index in [0.717, 1.165) is 31.1 Å². The van der Waals surface area contributed by atoms with Gasteiger partial charge < -0.3 is 13.9 Å². The highest BCUT2D eigenvalue weighted by Gasteiger charge is 2.37. The van der Waals surface area contributed by atoms with Crippen LogP contribution in [0.2, 0.25) is 0 Å². The molecule has 1 aliphatic rings. The quantitative estimate of drug-likeness (QED) is 0.240. The zero-order chi connectivity index (χ0) is 20.4. The Morgan fingerprint density at radius 2 is 1.96 bits per heavy atom. The Labute approximate surface area is 157 Å². The summed E-state index contributed by atoms with van der Waals surface area (Å²) >= 11 is 0. The summed E-state index contributed by atoms with van der Waals surface area (Å²) in [4.78, 5) is 13.2. The fourth-order valence-corrected chi connectivity index (χ4v) is 2.93. The van der Waals surface area contributed by atoms with Crippen LogP contribution in [0, 0.1) is 10.1 Å². The predicted molar refractivity (Wildman–Crippen MR) is 97.2 cm³/mol. The highest BCUT2D eigenvalue weighted by atomic mass is 32.3. The number of pyridine rings is 1. The Morgan fingerprint density at radius 3 is 2.44 bits per heavy atom. The summed E-state index contributed by atoms with van der Waals surface area (Å²) in [5, 5.41) is 15.9. The molecule has 3 heterocycles. The molecule has 12 heteroatoms. The third-order valence-electron chi connectivity index (χ3n) is 4.44. The zero-order valence-corrected chi connectivity index (χ0v) is 16.4. The molecule has 1 saturated heterocycles. The Morgan fingerprint density at radius 1 is 1.33 bits per heavy atom. The standard InChI is InChI=1S/C14H20N5O2.CH4O4S/c1-19(2,3)11-7-9-16(10-11)14-13(18(20)21)12-6-4-5-8-17(12)15-14;1-5-6(2,3)4/h4-6,8,11H,7,9-10H2,1-3H3;1H3,(H,2,3,4)/q+1;/p-1. The average molecular weight is 401 g/mol. The lowest BCUT2D eigenvalue weighted by Crippen LogP contribution is -2.46. The van der Waals surface area contributed by atoms with Crippen LogP contribution in [0.15, 0.2) is 24.4 Å². The van der Waals surface area contributed by atoms with Gasteiger partial charge in [-0.05, 0) is 12.1 Å². The van der Waals surface area contributed by atoms with Crippen LogP contribution in [0.25, 0.3) is 5.52 Å². The van der Waals surface area contributed by atoms with Crippen LogP contribution in [0.3, 0.4) is 0 Å². The number of nitrogens with zero attached hydrogens (tertiary/aromatic N) is 5. The number of anilines is 1. The third kappa shape index (κ3) is 5.13. The maximum absolute atomic E-state index is 11.5. The van der Waals surface area contributed by atoms with Gasteiger partial charge in [-0.25, -0.2) is 12.9 Å². The molecular weight excluding hydrogens is 378 g/mol. The van der Waals surface area contributed by atoms with E-state index in [4.69, 9.17) is 0 Å². The topological polar surface area (TPSA) is 130 Å². The maximum atomic E-state index is 11.5. The van der Waals surface area contributed by atoms with Crippen LogP contribution in [0.5, 0.6) is 0 Å². The number of aromatic nitrogens is 2. The Balaban J connectivity index is 0.000000380. The molecule has 2 aromatic heterocycles. The molecule has 0 bridgehead atoms. The van der Waals surface area contributed by atoms with Gasteiger partial charge in [0.25, 0.3) is 0 Å². The largest absolute Gasteiger partial charge is 0.726 e. The smallest absolute Gasteiger partial charge is 0.338 e. The van der Waals surface area contributed by atoms with E-state index < -0.39 is 10.4 Å². The van der Waals surface area contributed by atoms with Crippen molar-refractivity contribution in [2.75, 3.05) is 46.2 Å². The second-order valence-electron chi connectivity index (χ2n) is 7.04. The van der Waals surface area contributed by atoms with E-state index in [9.17, 15) is 23.1 Å². The summed E-state index contributed by atoms with van der Waals surface area (Å²) in [6.45, 7) is 1.61. The van der Waals surface area contributed by atoms with E-state index >= 15 is 0 Å². The molecule has 11 nitrogen and oxygen atoms in total. The van der Waals surface area contributed by atoms with Crippen molar-refractivity contribution in [1.82, 2.24) is 9.61 Å². The van der Waals surface area contributed by atoms with Crippen molar-refractivity contribution in [3.8, 4) is 0 Å². The van der Waals surface area contributed by atoms with Gasteiger partial charge in [0.1, 0.15) is 11.6 Å². The number of nitro groups is 1. The van der Waals surface area contributed by atoms with Crippen LogP contribution in [-0.4, -0.2) is 79.4 Å². The lowest BCUT2D eigenvalue weighted by atomic mass is 10.2. The predicted octanol–water partition coefficient (Wildman–Crippen LogP) is 0.620. The first-order valence-electron chi connectivity index (χ1n) is 8.13. The summed E-state index contributed by atoms with van der Waals surface area (Å²) in [7, 11) is 2.87. The highest BCUT2D eigenvalue weighted by molar-refractivity contribution is 7.80. The minimum Gasteiger partial charge on any atom is -0.726 e. The molecule has 0 amide bonds. The van der Waals surface area contributed by atoms with Crippen molar-refractivity contribution in [3.63, 3.8) is 0 Å². The van der Waals surface area contributed by atoms with E-state index in [2.05, 4.69) is 30.4 Å². The van der Waals surface area contributed by atoms with Crippen LogP contribution < -0.4 is 4.90 Å². The highest BCUT2D eigenvalue weighted by Crippen LogP contribution is 2.34. The fourth-order valence-electron chi connectivity index (χ4n) is 2.93. The molecule has 0 aliphatic carbocycles. The van der Waals surface area contributed by atoms with E-state index in [1.807, 2.05) is 11.0 Å². The summed E-state index contributed by atoms with van der Waals surface area (Å²) in [6, 6.07) is 5.83. The van der Waals surface area contributed by atoms with Gasteiger partial charge in [0, 0.05) is 19.2 Å². The first kappa shape index (κ1) is 21.0. The lowest BCUT2D eigenvalue weighted by molar-refractivity contribution is -0.893. The molecule has 0 radical (unpaired) electrons. The van der Waals surface area contributed by atoms with Crippen LogP contribution in [0.4, 0.5) is 11.5 Å². The van der Waals surface area contributed by atoms with Gasteiger partial charge in [-0.3, -0.25) is 14.3 Å². The molecule has 3 rings (SSSR count). The summed E-state index contributed by atoms with van der Waals surface area (Å²) in [5.74, 6) is 0.488. The number of fused-ring (bicyclic) bond motifs is 1. The first-order chi connectivity index (χ1) is 12.4. The van der Waals surface area contributed by atoms with Gasteiger partial charge in [-0.1, -0.05) is 6.07 Å². The van der Waals surface area contributed by atoms with Crippen molar-refractivity contribution < 1.29 is 26.6 Å². The minimum atomic E-state index is -4.41. The molecule has 0 spiro atoms. The molecule has 27 heavy (non-hydrogen) atoms. The second kappa shape index (κ2) is 7.76. The normalized spacial score (nSPS) is 17.7. The fraction of sp³-hybridized carbons (Fsp3) is 0.533. The zero-order valence-electron chi connectivity index (χ0n) is 15.6. The molecule has 1 atom stereocenters. The number of hydrogen-bond donors (Lipinski definition) is 0.